The van der Waals surface area contributed by atoms with Gasteiger partial charge < -0.3 is 4.74 Å². The molecule has 0 spiro atoms. The van der Waals surface area contributed by atoms with Gasteiger partial charge in [-0.15, -0.1) is 0 Å². The Morgan fingerprint density at radius 3 is 2.55 bits per heavy atom. The molecule has 0 aromatic heterocycles. The van der Waals surface area contributed by atoms with Crippen molar-refractivity contribution in [2.24, 2.45) is 5.41 Å². The van der Waals surface area contributed by atoms with E-state index in [1.54, 1.807) is 19.1 Å². The van der Waals surface area contributed by atoms with Gasteiger partial charge in [-0.1, -0.05) is 17.7 Å². The highest BCUT2D eigenvalue weighted by molar-refractivity contribution is 7.92. The van der Waals surface area contributed by atoms with E-state index in [-0.39, 0.29) is 17.9 Å². The van der Waals surface area contributed by atoms with Crippen molar-refractivity contribution in [3.8, 4) is 6.07 Å². The topological polar surface area (TPSA) is 84.2 Å². The maximum absolute atomic E-state index is 12.4. The molecular weight excluding hydrogens is 278 g/mol. The van der Waals surface area contributed by atoms with Crippen LogP contribution in [0.4, 0.5) is 0 Å². The molecule has 2 rings (SSSR count). The summed E-state index contributed by atoms with van der Waals surface area (Å²) in [5, 5.41) is 8.15. The summed E-state index contributed by atoms with van der Waals surface area (Å²) in [4.78, 5) is 11.9. The molecule has 0 radical (unpaired) electrons. The van der Waals surface area contributed by atoms with Gasteiger partial charge in [-0.3, -0.25) is 4.79 Å². The number of hydrogen-bond acceptors (Lipinski definition) is 5. The molecular formula is C14H15NO4S. The predicted octanol–water partition coefficient (Wildman–Crippen LogP) is 1.61. The summed E-state index contributed by atoms with van der Waals surface area (Å²) in [7, 11) is -3.69. The smallest absolute Gasteiger partial charge is 0.327 e. The van der Waals surface area contributed by atoms with E-state index in [0.29, 0.717) is 0 Å². The molecule has 106 valence electrons. The Bertz CT molecular complexity index is 672. The van der Waals surface area contributed by atoms with Crippen molar-refractivity contribution < 1.29 is 17.9 Å². The van der Waals surface area contributed by atoms with E-state index in [4.69, 9.17) is 10.00 Å². The standard InChI is InChI=1S/C14H15NO4S/c1-3-19-13(16)14(9-15)8-12(14)20(17,18)11-6-4-10(2)5-7-11/h4-7,12H,3,8H2,1-2H3/t12-,14-/m1/s1. The summed E-state index contributed by atoms with van der Waals surface area (Å²) in [5.74, 6) is -0.747. The average Bonchev–Trinajstić information content (AvgIpc) is 3.16. The SMILES string of the molecule is CCOC(=O)[C@@]1(C#N)C[C@H]1S(=O)(=O)c1ccc(C)cc1. The first-order valence-corrected chi connectivity index (χ1v) is 7.82. The normalized spacial score (nSPS) is 24.8. The van der Waals surface area contributed by atoms with Crippen LogP contribution in [0.1, 0.15) is 18.9 Å². The number of benzene rings is 1. The fourth-order valence-electron chi connectivity index (χ4n) is 2.14. The molecule has 5 nitrogen and oxygen atoms in total. The highest BCUT2D eigenvalue weighted by Crippen LogP contribution is 2.53. The Kier molecular flexibility index (Phi) is 3.57. The lowest BCUT2D eigenvalue weighted by Crippen LogP contribution is -2.25. The summed E-state index contributed by atoms with van der Waals surface area (Å²) in [6.07, 6.45) is -0.00145. The van der Waals surface area contributed by atoms with Crippen LogP contribution in [0.3, 0.4) is 0 Å². The first-order chi connectivity index (χ1) is 9.38. The Hall–Kier alpha value is -1.87. The second kappa shape index (κ2) is 4.91. The number of aryl methyl sites for hydroxylation is 1. The highest BCUT2D eigenvalue weighted by atomic mass is 32.2. The number of ether oxygens (including phenoxy) is 1. The Labute approximate surface area is 118 Å². The minimum absolute atomic E-state index is 0.00145. The van der Waals surface area contributed by atoms with Crippen LogP contribution in [0.15, 0.2) is 29.2 Å². The number of esters is 1. The first-order valence-electron chi connectivity index (χ1n) is 6.27. The van der Waals surface area contributed by atoms with Crippen LogP contribution in [0.2, 0.25) is 0 Å². The van der Waals surface area contributed by atoms with Gasteiger partial charge in [0.1, 0.15) is 0 Å². The molecule has 1 aliphatic carbocycles. The van der Waals surface area contributed by atoms with Crippen LogP contribution in [-0.2, 0) is 19.4 Å². The summed E-state index contributed by atoms with van der Waals surface area (Å²) >= 11 is 0. The second-order valence-electron chi connectivity index (χ2n) is 4.85. The van der Waals surface area contributed by atoms with Crippen molar-refractivity contribution in [2.75, 3.05) is 6.61 Å². The van der Waals surface area contributed by atoms with Crippen molar-refractivity contribution in [3.05, 3.63) is 29.8 Å². The van der Waals surface area contributed by atoms with Gasteiger partial charge in [0.2, 0.25) is 0 Å². The van der Waals surface area contributed by atoms with E-state index >= 15 is 0 Å². The molecule has 0 N–H and O–H groups in total. The number of carbonyl (C=O) groups is 1. The fourth-order valence-corrected chi connectivity index (χ4v) is 4.14. The van der Waals surface area contributed by atoms with Gasteiger partial charge in [-0.2, -0.15) is 5.26 Å². The molecule has 0 amide bonds. The number of sulfone groups is 1. The lowest BCUT2D eigenvalue weighted by Gasteiger charge is -2.09. The number of nitrogens with zero attached hydrogens (tertiary/aromatic N) is 1. The van der Waals surface area contributed by atoms with E-state index in [1.165, 1.54) is 12.1 Å². The van der Waals surface area contributed by atoms with Crippen LogP contribution in [0, 0.1) is 23.7 Å². The van der Waals surface area contributed by atoms with Crippen molar-refractivity contribution in [2.45, 2.75) is 30.4 Å². The molecule has 2 atom stereocenters. The van der Waals surface area contributed by atoms with Crippen molar-refractivity contribution in [1.29, 1.82) is 5.26 Å². The van der Waals surface area contributed by atoms with Crippen molar-refractivity contribution in [1.82, 2.24) is 0 Å². The molecule has 1 aromatic carbocycles. The molecule has 0 aliphatic heterocycles. The van der Waals surface area contributed by atoms with Gasteiger partial charge in [0.15, 0.2) is 15.3 Å². The summed E-state index contributed by atoms with van der Waals surface area (Å²) in [5.41, 5.74) is -0.601. The quantitative estimate of drug-likeness (QED) is 0.787. The molecule has 0 unspecified atom stereocenters. The van der Waals surface area contributed by atoms with Gasteiger partial charge in [0.05, 0.1) is 22.8 Å². The third-order valence-corrected chi connectivity index (χ3v) is 5.71. The second-order valence-corrected chi connectivity index (χ2v) is 6.98. The zero-order valence-corrected chi connectivity index (χ0v) is 12.1. The van der Waals surface area contributed by atoms with Crippen LogP contribution in [0.5, 0.6) is 0 Å². The van der Waals surface area contributed by atoms with Crippen molar-refractivity contribution >= 4 is 15.8 Å². The Morgan fingerprint density at radius 1 is 1.45 bits per heavy atom. The van der Waals surface area contributed by atoms with Crippen LogP contribution in [0.25, 0.3) is 0 Å². The van der Waals surface area contributed by atoms with E-state index in [9.17, 15) is 13.2 Å². The third-order valence-electron chi connectivity index (χ3n) is 3.46. The van der Waals surface area contributed by atoms with Crippen LogP contribution in [-0.4, -0.2) is 26.2 Å². The summed E-state index contributed by atoms with van der Waals surface area (Å²) in [6, 6.07) is 8.19. The van der Waals surface area contributed by atoms with Gasteiger partial charge >= 0.3 is 5.97 Å². The van der Waals surface area contributed by atoms with E-state index in [0.717, 1.165) is 5.56 Å². The predicted molar refractivity (Wildman–Crippen MR) is 71.4 cm³/mol. The monoisotopic (exact) mass is 293 g/mol. The van der Waals surface area contributed by atoms with Crippen LogP contribution >= 0.6 is 0 Å². The average molecular weight is 293 g/mol. The van der Waals surface area contributed by atoms with E-state index in [1.807, 2.05) is 13.0 Å². The molecule has 6 heteroatoms. The van der Waals surface area contributed by atoms with E-state index < -0.39 is 26.5 Å². The van der Waals surface area contributed by atoms with Gasteiger partial charge in [-0.25, -0.2) is 8.42 Å². The molecule has 1 fully saturated rings. The Morgan fingerprint density at radius 2 is 2.05 bits per heavy atom. The molecule has 0 saturated heterocycles. The molecule has 0 bridgehead atoms. The number of carbonyl (C=O) groups excluding carboxylic acids is 1. The van der Waals surface area contributed by atoms with Gasteiger partial charge in [0.25, 0.3) is 0 Å². The lowest BCUT2D eigenvalue weighted by molar-refractivity contribution is -0.147. The third kappa shape index (κ3) is 2.18. The molecule has 1 saturated carbocycles. The number of rotatable bonds is 4. The minimum Gasteiger partial charge on any atom is -0.465 e. The maximum Gasteiger partial charge on any atom is 0.327 e. The largest absolute Gasteiger partial charge is 0.465 e. The number of hydrogen-bond donors (Lipinski definition) is 0. The number of nitriles is 1. The van der Waals surface area contributed by atoms with E-state index in [2.05, 4.69) is 0 Å². The molecule has 20 heavy (non-hydrogen) atoms. The minimum atomic E-state index is -3.69. The summed E-state index contributed by atoms with van der Waals surface area (Å²) < 4.78 is 29.7. The molecule has 1 aromatic rings. The maximum atomic E-state index is 12.4. The zero-order valence-electron chi connectivity index (χ0n) is 11.3. The van der Waals surface area contributed by atoms with Gasteiger partial charge in [-0.05, 0) is 32.4 Å². The van der Waals surface area contributed by atoms with Crippen molar-refractivity contribution in [3.63, 3.8) is 0 Å². The van der Waals surface area contributed by atoms with Crippen LogP contribution < -0.4 is 0 Å². The molecule has 1 aliphatic rings. The highest BCUT2D eigenvalue weighted by Gasteiger charge is 2.68. The lowest BCUT2D eigenvalue weighted by atomic mass is 10.1. The Balaban J connectivity index is 2.32. The fraction of sp³-hybridized carbons (Fsp3) is 0.429. The molecule has 0 heterocycles. The summed E-state index contributed by atoms with van der Waals surface area (Å²) in [6.45, 7) is 3.60. The first kappa shape index (κ1) is 14.5. The zero-order chi connectivity index (χ0) is 15.0. The van der Waals surface area contributed by atoms with Gasteiger partial charge in [0, 0.05) is 0 Å².